The van der Waals surface area contributed by atoms with E-state index in [0.717, 1.165) is 60.8 Å². The highest BCUT2D eigenvalue weighted by Crippen LogP contribution is 2.28. The van der Waals surface area contributed by atoms with E-state index in [4.69, 9.17) is 39.5 Å². The van der Waals surface area contributed by atoms with Gasteiger partial charge >= 0.3 is 0 Å². The van der Waals surface area contributed by atoms with Crippen LogP contribution >= 0.6 is 34.8 Å². The summed E-state index contributed by atoms with van der Waals surface area (Å²) in [7, 11) is 1.49. The molecular formula is C27H29Cl3N4O2. The fourth-order valence-electron chi connectivity index (χ4n) is 4.19. The Bertz CT molecular complexity index is 1210. The lowest BCUT2D eigenvalue weighted by Gasteiger charge is -2.36. The molecule has 0 atom stereocenters. The molecule has 1 fully saturated rings. The third-order valence-electron chi connectivity index (χ3n) is 6.15. The molecule has 1 saturated heterocycles. The Kier molecular flexibility index (Phi) is 9.21. The van der Waals surface area contributed by atoms with E-state index in [-0.39, 0.29) is 11.7 Å². The zero-order chi connectivity index (χ0) is 25.5. The number of rotatable bonds is 9. The molecule has 1 aliphatic heterocycles. The van der Waals surface area contributed by atoms with Gasteiger partial charge in [0.15, 0.2) is 5.76 Å². The number of carbonyl (C=O) groups is 1. The summed E-state index contributed by atoms with van der Waals surface area (Å²) in [5.74, 6) is 0.0231. The number of amides is 1. The number of aromatic nitrogens is 1. The Hall–Kier alpha value is -2.64. The lowest BCUT2D eigenvalue weighted by Crippen LogP contribution is -2.47. The molecule has 3 aromatic rings. The number of methoxy groups -OCH3 is 1. The molecule has 190 valence electrons. The van der Waals surface area contributed by atoms with Crippen molar-refractivity contribution in [2.75, 3.05) is 51.3 Å². The first-order valence-electron chi connectivity index (χ1n) is 11.8. The van der Waals surface area contributed by atoms with Gasteiger partial charge in [-0.05, 0) is 67.6 Å². The van der Waals surface area contributed by atoms with E-state index in [0.29, 0.717) is 16.6 Å². The molecule has 2 aromatic carbocycles. The van der Waals surface area contributed by atoms with Gasteiger partial charge in [-0.3, -0.25) is 9.69 Å². The predicted molar refractivity (Wildman–Crippen MR) is 150 cm³/mol. The minimum absolute atomic E-state index is 0.232. The molecule has 0 radical (unpaired) electrons. The fraction of sp³-hybridized carbons (Fsp3) is 0.296. The molecule has 0 spiro atoms. The van der Waals surface area contributed by atoms with Crippen molar-refractivity contribution >= 4 is 63.4 Å². The van der Waals surface area contributed by atoms with Crippen LogP contribution in [0.5, 0.6) is 0 Å². The van der Waals surface area contributed by atoms with Crippen LogP contribution < -0.4 is 10.2 Å². The van der Waals surface area contributed by atoms with Crippen LogP contribution in [0.1, 0.15) is 12.1 Å². The van der Waals surface area contributed by atoms with Crippen LogP contribution in [0.4, 0.5) is 5.69 Å². The van der Waals surface area contributed by atoms with E-state index >= 15 is 0 Å². The highest BCUT2D eigenvalue weighted by atomic mass is 35.5. The molecule has 0 bridgehead atoms. The molecule has 1 aromatic heterocycles. The van der Waals surface area contributed by atoms with Crippen LogP contribution in [-0.4, -0.2) is 62.2 Å². The van der Waals surface area contributed by atoms with Crippen LogP contribution in [0.2, 0.25) is 15.1 Å². The van der Waals surface area contributed by atoms with Gasteiger partial charge in [0.25, 0.3) is 5.91 Å². The monoisotopic (exact) mass is 546 g/mol. The van der Waals surface area contributed by atoms with Crippen molar-refractivity contribution in [2.45, 2.75) is 6.42 Å². The summed E-state index contributed by atoms with van der Waals surface area (Å²) in [6.45, 7) is 5.48. The van der Waals surface area contributed by atoms with Crippen LogP contribution in [0.3, 0.4) is 0 Å². The molecule has 1 amide bonds. The predicted octanol–water partition coefficient (Wildman–Crippen LogP) is 6.00. The number of nitrogens with zero attached hydrogens (tertiary/aromatic N) is 2. The molecule has 0 unspecified atom stereocenters. The minimum Gasteiger partial charge on any atom is -0.491 e. The third kappa shape index (κ3) is 6.98. The number of hydrogen-bond donors (Lipinski definition) is 2. The maximum absolute atomic E-state index is 12.5. The van der Waals surface area contributed by atoms with Crippen LogP contribution in [-0.2, 0) is 9.53 Å². The average Bonchev–Trinajstić information content (AvgIpc) is 3.26. The van der Waals surface area contributed by atoms with Crippen molar-refractivity contribution in [3.8, 4) is 0 Å². The van der Waals surface area contributed by atoms with Crippen LogP contribution in [0, 0.1) is 0 Å². The molecule has 4 rings (SSSR count). The van der Waals surface area contributed by atoms with E-state index in [1.807, 2.05) is 30.3 Å². The van der Waals surface area contributed by atoms with Gasteiger partial charge in [-0.25, -0.2) is 0 Å². The number of hydrogen-bond acceptors (Lipinski definition) is 4. The van der Waals surface area contributed by atoms with Gasteiger partial charge in [0.1, 0.15) is 0 Å². The fourth-order valence-corrected chi connectivity index (χ4v) is 4.65. The number of nitrogens with one attached hydrogen (secondary N) is 2. The van der Waals surface area contributed by atoms with E-state index in [9.17, 15) is 4.79 Å². The maximum Gasteiger partial charge on any atom is 0.286 e. The van der Waals surface area contributed by atoms with E-state index in [1.54, 1.807) is 18.2 Å². The number of allylic oxidation sites excluding steroid dienone is 2. The second-order valence-electron chi connectivity index (χ2n) is 8.59. The zero-order valence-electron chi connectivity index (χ0n) is 20.1. The molecule has 0 saturated carbocycles. The molecule has 9 heteroatoms. The van der Waals surface area contributed by atoms with E-state index in [1.165, 1.54) is 12.8 Å². The quantitative estimate of drug-likeness (QED) is 0.149. The van der Waals surface area contributed by atoms with Crippen molar-refractivity contribution in [3.63, 3.8) is 0 Å². The summed E-state index contributed by atoms with van der Waals surface area (Å²) in [4.78, 5) is 20.6. The zero-order valence-corrected chi connectivity index (χ0v) is 22.3. The number of anilines is 1. The normalized spacial score (nSPS) is 15.1. The number of benzene rings is 2. The average molecular weight is 548 g/mol. The summed E-state index contributed by atoms with van der Waals surface area (Å²) in [5, 5.41) is 5.67. The van der Waals surface area contributed by atoms with Gasteiger partial charge in [0.2, 0.25) is 0 Å². The number of piperazine rings is 1. The molecule has 36 heavy (non-hydrogen) atoms. The topological polar surface area (TPSA) is 60.6 Å². The van der Waals surface area contributed by atoms with E-state index < -0.39 is 0 Å². The Morgan fingerprint density at radius 3 is 2.50 bits per heavy atom. The third-order valence-corrected chi connectivity index (χ3v) is 7.12. The Morgan fingerprint density at radius 2 is 1.78 bits per heavy atom. The van der Waals surface area contributed by atoms with Crippen LogP contribution in [0.15, 0.2) is 60.4 Å². The number of fused-ring (bicyclic) bond motifs is 1. The van der Waals surface area contributed by atoms with Gasteiger partial charge in [-0.15, -0.1) is 0 Å². The second kappa shape index (κ2) is 12.5. The molecule has 2 N–H and O–H groups in total. The first-order valence-corrected chi connectivity index (χ1v) is 13.0. The van der Waals surface area contributed by atoms with Gasteiger partial charge in [-0.1, -0.05) is 40.9 Å². The number of H-pyrrole nitrogens is 1. The first-order chi connectivity index (χ1) is 17.4. The number of halogens is 3. The Morgan fingerprint density at radius 1 is 1.06 bits per heavy atom. The van der Waals surface area contributed by atoms with E-state index in [2.05, 4.69) is 32.2 Å². The lowest BCUT2D eigenvalue weighted by molar-refractivity contribution is -0.120. The highest BCUT2D eigenvalue weighted by molar-refractivity contribution is 6.42. The summed E-state index contributed by atoms with van der Waals surface area (Å²) < 4.78 is 5.28. The molecule has 0 aliphatic carbocycles. The molecule has 1 aliphatic rings. The molecule has 2 heterocycles. The second-order valence-corrected chi connectivity index (χ2v) is 9.84. The van der Waals surface area contributed by atoms with Crippen molar-refractivity contribution in [1.82, 2.24) is 15.2 Å². The molecule has 6 nitrogen and oxygen atoms in total. The van der Waals surface area contributed by atoms with Gasteiger partial charge in [-0.2, -0.15) is 0 Å². The standard InChI is InChI=1S/C27H29Cl3N4O2/c1-36-26(5-2-4-21-16-19-17-23(29)24(30)18-25(19)32-21)27(35)31-10-3-11-33-12-14-34(15-13-33)22-8-6-20(28)7-9-22/h2,4-9,16-18,32H,3,10-15H2,1H3,(H,31,35)/b4-2+,26-5+. The number of carbonyl (C=O) groups excluding carboxylic acids is 1. The summed E-state index contributed by atoms with van der Waals surface area (Å²) >= 11 is 18.1. The summed E-state index contributed by atoms with van der Waals surface area (Å²) in [5.41, 5.74) is 2.97. The summed E-state index contributed by atoms with van der Waals surface area (Å²) in [6, 6.07) is 13.6. The maximum atomic E-state index is 12.5. The smallest absolute Gasteiger partial charge is 0.286 e. The van der Waals surface area contributed by atoms with Crippen molar-refractivity contribution in [2.24, 2.45) is 0 Å². The largest absolute Gasteiger partial charge is 0.491 e. The van der Waals surface area contributed by atoms with Crippen LogP contribution in [0.25, 0.3) is 17.0 Å². The van der Waals surface area contributed by atoms with Gasteiger partial charge in [0.05, 0.1) is 17.2 Å². The highest BCUT2D eigenvalue weighted by Gasteiger charge is 2.17. The van der Waals surface area contributed by atoms with Crippen molar-refractivity contribution in [1.29, 1.82) is 0 Å². The number of ether oxygens (including phenoxy) is 1. The number of aromatic amines is 1. The Balaban J connectivity index is 1.19. The lowest BCUT2D eigenvalue weighted by atomic mass is 10.2. The molecular weight excluding hydrogens is 519 g/mol. The van der Waals surface area contributed by atoms with Crippen molar-refractivity contribution < 1.29 is 9.53 Å². The Labute approximate surface area is 226 Å². The van der Waals surface area contributed by atoms with Crippen molar-refractivity contribution in [3.05, 3.63) is 81.1 Å². The van der Waals surface area contributed by atoms with Gasteiger partial charge in [0, 0.05) is 60.0 Å². The van der Waals surface area contributed by atoms with Gasteiger partial charge < -0.3 is 19.9 Å². The first kappa shape index (κ1) is 26.4. The minimum atomic E-state index is -0.232. The SMILES string of the molecule is CO/C(=C/C=C/c1cc2cc(Cl)c(Cl)cc2[nH]1)C(=O)NCCCN1CCN(c2ccc(Cl)cc2)CC1. The summed E-state index contributed by atoms with van der Waals surface area (Å²) in [6.07, 6.45) is 6.15.